The lowest BCUT2D eigenvalue weighted by molar-refractivity contribution is 0.0410. The van der Waals surface area contributed by atoms with Crippen LogP contribution in [0.3, 0.4) is 0 Å². The maximum Gasteiger partial charge on any atom is 0.134 e. The number of ether oxygens (including phenoxy) is 1. The molecule has 0 aliphatic rings. The van der Waals surface area contributed by atoms with Gasteiger partial charge in [0, 0.05) is 0 Å². The standard InChI is InChI=1S/C27H40O2/c1-3-5-7-9-14-22-27(23-15-10-8-6-4-2,24-18-20-25(28)21-19-24)29-26-16-12-11-13-17-26/h11-13,16-21,28H,3-10,14-15,22-23H2,1-2H3. The Labute approximate surface area is 178 Å². The van der Waals surface area contributed by atoms with Gasteiger partial charge in [0.25, 0.3) is 0 Å². The number of phenols is 1. The third-order valence-electron chi connectivity index (χ3n) is 5.82. The fourth-order valence-corrected chi connectivity index (χ4v) is 4.08. The number of para-hydroxylation sites is 1. The van der Waals surface area contributed by atoms with Crippen LogP contribution in [0.2, 0.25) is 0 Å². The summed E-state index contributed by atoms with van der Waals surface area (Å²) in [5.41, 5.74) is 0.859. The fraction of sp³-hybridized carbons (Fsp3) is 0.556. The summed E-state index contributed by atoms with van der Waals surface area (Å²) in [5.74, 6) is 1.25. The van der Waals surface area contributed by atoms with Gasteiger partial charge in [-0.2, -0.15) is 0 Å². The van der Waals surface area contributed by atoms with Crippen molar-refractivity contribution in [3.63, 3.8) is 0 Å². The minimum Gasteiger partial charge on any atom is -0.508 e. The predicted octanol–water partition coefficient (Wildman–Crippen LogP) is 8.39. The van der Waals surface area contributed by atoms with Crippen molar-refractivity contribution in [2.75, 3.05) is 0 Å². The van der Waals surface area contributed by atoms with Crippen molar-refractivity contribution in [2.24, 2.45) is 0 Å². The second kappa shape index (κ2) is 13.3. The van der Waals surface area contributed by atoms with Gasteiger partial charge >= 0.3 is 0 Å². The molecule has 160 valence electrons. The molecule has 2 rings (SSSR count). The highest BCUT2D eigenvalue weighted by molar-refractivity contribution is 5.32. The van der Waals surface area contributed by atoms with Crippen molar-refractivity contribution in [3.8, 4) is 11.5 Å². The fourth-order valence-electron chi connectivity index (χ4n) is 4.08. The number of phenolic OH excluding ortho intramolecular Hbond substituents is 1. The molecule has 0 spiro atoms. The van der Waals surface area contributed by atoms with Crippen LogP contribution in [-0.2, 0) is 5.60 Å². The molecule has 2 heteroatoms. The number of aromatic hydroxyl groups is 1. The van der Waals surface area contributed by atoms with Crippen molar-refractivity contribution in [1.82, 2.24) is 0 Å². The summed E-state index contributed by atoms with van der Waals surface area (Å²) in [7, 11) is 0. The van der Waals surface area contributed by atoms with Gasteiger partial charge in [0.2, 0.25) is 0 Å². The van der Waals surface area contributed by atoms with Gasteiger partial charge in [0.05, 0.1) is 0 Å². The maximum atomic E-state index is 9.82. The smallest absolute Gasteiger partial charge is 0.134 e. The van der Waals surface area contributed by atoms with E-state index < -0.39 is 0 Å². The van der Waals surface area contributed by atoms with Crippen LogP contribution >= 0.6 is 0 Å². The Hall–Kier alpha value is -1.96. The molecule has 0 amide bonds. The van der Waals surface area contributed by atoms with Crippen LogP contribution in [-0.4, -0.2) is 5.11 Å². The average Bonchev–Trinajstić information content (AvgIpc) is 2.74. The third kappa shape index (κ3) is 8.12. The zero-order valence-corrected chi connectivity index (χ0v) is 18.5. The molecule has 1 N–H and O–H groups in total. The molecule has 0 saturated carbocycles. The molecule has 0 unspecified atom stereocenters. The van der Waals surface area contributed by atoms with Gasteiger partial charge in [-0.3, -0.25) is 0 Å². The number of rotatable bonds is 15. The van der Waals surface area contributed by atoms with E-state index in [1.807, 2.05) is 18.2 Å². The molecule has 0 saturated heterocycles. The van der Waals surface area contributed by atoms with Gasteiger partial charge in [-0.05, 0) is 55.5 Å². The van der Waals surface area contributed by atoms with E-state index in [1.165, 1.54) is 69.8 Å². The molecule has 0 bridgehead atoms. The quantitative estimate of drug-likeness (QED) is 0.306. The largest absolute Gasteiger partial charge is 0.508 e. The van der Waals surface area contributed by atoms with Crippen molar-refractivity contribution in [1.29, 1.82) is 0 Å². The van der Waals surface area contributed by atoms with E-state index in [0.29, 0.717) is 5.75 Å². The van der Waals surface area contributed by atoms with E-state index in [0.717, 1.165) is 18.6 Å². The lowest BCUT2D eigenvalue weighted by atomic mass is 9.83. The summed E-state index contributed by atoms with van der Waals surface area (Å²) in [4.78, 5) is 0. The number of hydrogen-bond acceptors (Lipinski definition) is 2. The van der Waals surface area contributed by atoms with Crippen LogP contribution in [0.4, 0.5) is 0 Å². The van der Waals surface area contributed by atoms with Crippen molar-refractivity contribution < 1.29 is 9.84 Å². The van der Waals surface area contributed by atoms with Gasteiger partial charge in [0.1, 0.15) is 17.1 Å². The van der Waals surface area contributed by atoms with Gasteiger partial charge in [0.15, 0.2) is 0 Å². The van der Waals surface area contributed by atoms with Gasteiger partial charge in [-0.1, -0.05) is 95.5 Å². The van der Waals surface area contributed by atoms with Gasteiger partial charge in [-0.15, -0.1) is 0 Å². The van der Waals surface area contributed by atoms with Crippen LogP contribution in [0.25, 0.3) is 0 Å². The lowest BCUT2D eigenvalue weighted by Crippen LogP contribution is -2.33. The van der Waals surface area contributed by atoms with E-state index in [-0.39, 0.29) is 5.60 Å². The lowest BCUT2D eigenvalue weighted by Gasteiger charge is -2.36. The summed E-state index contributed by atoms with van der Waals surface area (Å²) in [6.07, 6.45) is 14.6. The summed E-state index contributed by atoms with van der Waals surface area (Å²) >= 11 is 0. The first-order valence-electron chi connectivity index (χ1n) is 11.7. The third-order valence-corrected chi connectivity index (χ3v) is 5.82. The first kappa shape index (κ1) is 23.3. The Morgan fingerprint density at radius 3 is 1.69 bits per heavy atom. The second-order valence-corrected chi connectivity index (χ2v) is 8.28. The molecule has 0 atom stereocenters. The Balaban J connectivity index is 2.21. The van der Waals surface area contributed by atoms with Crippen LogP contribution in [0.15, 0.2) is 54.6 Å². The minimum atomic E-state index is -0.326. The molecule has 2 nitrogen and oxygen atoms in total. The van der Waals surface area contributed by atoms with E-state index >= 15 is 0 Å². The van der Waals surface area contributed by atoms with Crippen molar-refractivity contribution in [3.05, 3.63) is 60.2 Å². The Kier molecular flexibility index (Phi) is 10.7. The minimum absolute atomic E-state index is 0.313. The molecule has 0 fully saturated rings. The van der Waals surface area contributed by atoms with E-state index in [4.69, 9.17) is 4.74 Å². The summed E-state index contributed by atoms with van der Waals surface area (Å²) in [5, 5.41) is 9.82. The molecular formula is C27H40O2. The van der Waals surface area contributed by atoms with Crippen LogP contribution in [0.5, 0.6) is 11.5 Å². The monoisotopic (exact) mass is 396 g/mol. The molecule has 0 heterocycles. The van der Waals surface area contributed by atoms with Crippen molar-refractivity contribution >= 4 is 0 Å². The van der Waals surface area contributed by atoms with E-state index in [1.54, 1.807) is 12.1 Å². The van der Waals surface area contributed by atoms with Crippen molar-refractivity contribution in [2.45, 2.75) is 96.5 Å². The first-order chi connectivity index (χ1) is 14.2. The van der Waals surface area contributed by atoms with E-state index in [2.05, 4.69) is 38.1 Å². The number of hydrogen-bond donors (Lipinski definition) is 1. The maximum absolute atomic E-state index is 9.82. The molecule has 0 radical (unpaired) electrons. The molecule has 0 aliphatic heterocycles. The molecular weight excluding hydrogens is 356 g/mol. The molecule has 2 aromatic carbocycles. The van der Waals surface area contributed by atoms with Crippen LogP contribution in [0.1, 0.15) is 96.5 Å². The van der Waals surface area contributed by atoms with Gasteiger partial charge in [-0.25, -0.2) is 0 Å². The Morgan fingerprint density at radius 2 is 1.17 bits per heavy atom. The summed E-state index contributed by atoms with van der Waals surface area (Å²) in [6.45, 7) is 4.52. The first-order valence-corrected chi connectivity index (χ1v) is 11.7. The zero-order valence-electron chi connectivity index (χ0n) is 18.5. The molecule has 0 aromatic heterocycles. The Morgan fingerprint density at radius 1 is 0.655 bits per heavy atom. The highest BCUT2D eigenvalue weighted by Crippen LogP contribution is 2.39. The second-order valence-electron chi connectivity index (χ2n) is 8.28. The highest BCUT2D eigenvalue weighted by atomic mass is 16.5. The molecule has 0 aliphatic carbocycles. The van der Waals surface area contributed by atoms with Gasteiger partial charge < -0.3 is 9.84 Å². The van der Waals surface area contributed by atoms with Crippen LogP contribution < -0.4 is 4.74 Å². The Bertz CT molecular complexity index is 634. The predicted molar refractivity (Wildman–Crippen MR) is 124 cm³/mol. The topological polar surface area (TPSA) is 29.5 Å². The molecule has 29 heavy (non-hydrogen) atoms. The normalized spacial score (nSPS) is 11.5. The molecule has 2 aromatic rings. The summed E-state index contributed by atoms with van der Waals surface area (Å²) < 4.78 is 6.76. The number of unbranched alkanes of at least 4 members (excludes halogenated alkanes) is 8. The number of benzene rings is 2. The summed E-state index contributed by atoms with van der Waals surface area (Å²) in [6, 6.07) is 17.9. The average molecular weight is 397 g/mol. The zero-order chi connectivity index (χ0) is 20.8. The van der Waals surface area contributed by atoms with Crippen LogP contribution in [0, 0.1) is 0 Å². The SMILES string of the molecule is CCCCCCCC(CCCCCCC)(Oc1ccccc1)c1ccc(O)cc1. The van der Waals surface area contributed by atoms with E-state index in [9.17, 15) is 5.11 Å². The highest BCUT2D eigenvalue weighted by Gasteiger charge is 2.33.